The van der Waals surface area contributed by atoms with Gasteiger partial charge in [0, 0.05) is 18.7 Å². The van der Waals surface area contributed by atoms with E-state index in [1.807, 2.05) is 0 Å². The van der Waals surface area contributed by atoms with Crippen molar-refractivity contribution in [3.05, 3.63) is 29.6 Å². The van der Waals surface area contributed by atoms with Crippen molar-refractivity contribution in [2.45, 2.75) is 26.7 Å². The molecule has 1 atom stereocenters. The highest BCUT2D eigenvalue weighted by Gasteiger charge is 2.27. The number of carbonyl (C=O) groups is 1. The monoisotopic (exact) mass is 281 g/mol. The number of halogens is 1. The van der Waals surface area contributed by atoms with Crippen molar-refractivity contribution in [2.75, 3.05) is 17.2 Å². The third-order valence-electron chi connectivity index (χ3n) is 3.84. The van der Waals surface area contributed by atoms with Gasteiger partial charge in [-0.25, -0.2) is 4.39 Å². The van der Waals surface area contributed by atoms with Crippen LogP contribution in [0.1, 0.15) is 25.8 Å². The molecule has 0 radical (unpaired) electrons. The van der Waals surface area contributed by atoms with Crippen LogP contribution in [0.2, 0.25) is 0 Å². The molecule has 1 aromatic rings. The Morgan fingerprint density at radius 1 is 1.37 bits per heavy atom. The van der Waals surface area contributed by atoms with E-state index in [2.05, 4.69) is 26.5 Å². The summed E-state index contributed by atoms with van der Waals surface area (Å²) in [5, 5.41) is 0. The summed E-state index contributed by atoms with van der Waals surface area (Å²) in [6, 6.07) is 4.73. The number of rotatable bonds is 4. The molecule has 2 rings (SSSR count). The fraction of sp³-hybridized carbons (Fsp3) is 0.533. The van der Waals surface area contributed by atoms with Crippen LogP contribution in [-0.4, -0.2) is 18.2 Å². The molecule has 0 fully saturated rings. The summed E-state index contributed by atoms with van der Waals surface area (Å²) in [4.78, 5) is 13.9. The molecule has 0 saturated carbocycles. The number of benzene rings is 1. The van der Waals surface area contributed by atoms with Crippen molar-refractivity contribution in [3.63, 3.8) is 0 Å². The Hall–Kier alpha value is -1.03. The van der Waals surface area contributed by atoms with Crippen molar-refractivity contribution in [1.29, 1.82) is 0 Å². The quantitative estimate of drug-likeness (QED) is 0.840. The summed E-state index contributed by atoms with van der Waals surface area (Å²) in [5.41, 5.74) is 1.80. The summed E-state index contributed by atoms with van der Waals surface area (Å²) in [6.07, 6.45) is 1.22. The standard InChI is InChI=1S/C15H20FNOS/c1-10(2)12(9-19)8-17-14-7-13(16)5-3-11(14)4-6-15(17)18/h3,5,7,10,12,19H,4,6,8-9H2,1-2H3. The number of thiol groups is 1. The fourth-order valence-electron chi connectivity index (χ4n) is 2.42. The highest BCUT2D eigenvalue weighted by molar-refractivity contribution is 7.80. The lowest BCUT2D eigenvalue weighted by Crippen LogP contribution is -2.40. The summed E-state index contributed by atoms with van der Waals surface area (Å²) >= 11 is 4.36. The van der Waals surface area contributed by atoms with Gasteiger partial charge in [-0.05, 0) is 41.7 Å². The third kappa shape index (κ3) is 3.11. The number of nitrogens with zero attached hydrogens (tertiary/aromatic N) is 1. The fourth-order valence-corrected chi connectivity index (χ4v) is 2.96. The minimum atomic E-state index is -0.287. The molecule has 1 unspecified atom stereocenters. The molecule has 104 valence electrons. The van der Waals surface area contributed by atoms with E-state index < -0.39 is 0 Å². The zero-order valence-corrected chi connectivity index (χ0v) is 12.3. The van der Waals surface area contributed by atoms with Gasteiger partial charge in [-0.15, -0.1) is 0 Å². The van der Waals surface area contributed by atoms with Crippen molar-refractivity contribution in [2.24, 2.45) is 11.8 Å². The first kappa shape index (κ1) is 14.4. The number of fused-ring (bicyclic) bond motifs is 1. The maximum absolute atomic E-state index is 13.4. The first-order chi connectivity index (χ1) is 9.02. The van der Waals surface area contributed by atoms with Gasteiger partial charge in [-0.2, -0.15) is 12.6 Å². The number of hydrogen-bond donors (Lipinski definition) is 1. The Bertz CT molecular complexity index is 475. The Balaban J connectivity index is 2.29. The molecule has 1 amide bonds. The molecule has 0 N–H and O–H groups in total. The van der Waals surface area contributed by atoms with E-state index in [-0.39, 0.29) is 11.7 Å². The topological polar surface area (TPSA) is 20.3 Å². The Morgan fingerprint density at radius 2 is 2.11 bits per heavy atom. The summed E-state index contributed by atoms with van der Waals surface area (Å²) in [6.45, 7) is 4.88. The molecule has 4 heteroatoms. The van der Waals surface area contributed by atoms with Crippen LogP contribution in [0.15, 0.2) is 18.2 Å². The number of amides is 1. The van der Waals surface area contributed by atoms with Crippen molar-refractivity contribution < 1.29 is 9.18 Å². The minimum Gasteiger partial charge on any atom is -0.312 e. The van der Waals surface area contributed by atoms with Crippen LogP contribution in [0.5, 0.6) is 0 Å². The van der Waals surface area contributed by atoms with Crippen LogP contribution in [0.4, 0.5) is 10.1 Å². The van der Waals surface area contributed by atoms with Gasteiger partial charge in [0.15, 0.2) is 0 Å². The lowest BCUT2D eigenvalue weighted by molar-refractivity contribution is -0.119. The summed E-state index contributed by atoms with van der Waals surface area (Å²) < 4.78 is 13.4. The van der Waals surface area contributed by atoms with Crippen LogP contribution in [0.3, 0.4) is 0 Å². The first-order valence-electron chi connectivity index (χ1n) is 6.72. The van der Waals surface area contributed by atoms with E-state index in [4.69, 9.17) is 0 Å². The molecule has 2 nitrogen and oxygen atoms in total. The molecular formula is C15H20FNOS. The average molecular weight is 281 g/mol. The van der Waals surface area contributed by atoms with Gasteiger partial charge >= 0.3 is 0 Å². The van der Waals surface area contributed by atoms with Crippen molar-refractivity contribution in [3.8, 4) is 0 Å². The van der Waals surface area contributed by atoms with Crippen LogP contribution in [0, 0.1) is 17.7 Å². The third-order valence-corrected chi connectivity index (χ3v) is 4.31. The average Bonchev–Trinajstić information content (AvgIpc) is 2.37. The number of hydrogen-bond acceptors (Lipinski definition) is 2. The smallest absolute Gasteiger partial charge is 0.227 e. The van der Waals surface area contributed by atoms with E-state index >= 15 is 0 Å². The predicted molar refractivity (Wildman–Crippen MR) is 79.3 cm³/mol. The zero-order chi connectivity index (χ0) is 14.0. The molecule has 1 heterocycles. The normalized spacial score (nSPS) is 16.7. The van der Waals surface area contributed by atoms with E-state index in [0.717, 1.165) is 17.0 Å². The number of anilines is 1. The largest absolute Gasteiger partial charge is 0.312 e. The van der Waals surface area contributed by atoms with Gasteiger partial charge in [0.2, 0.25) is 5.91 Å². The van der Waals surface area contributed by atoms with Crippen LogP contribution >= 0.6 is 12.6 Å². The molecule has 1 aliphatic rings. The first-order valence-corrected chi connectivity index (χ1v) is 7.35. The molecule has 1 aliphatic heterocycles. The van der Waals surface area contributed by atoms with Crippen LogP contribution in [0.25, 0.3) is 0 Å². The Labute approximate surface area is 119 Å². The molecule has 0 aliphatic carbocycles. The van der Waals surface area contributed by atoms with Crippen molar-refractivity contribution in [1.82, 2.24) is 0 Å². The van der Waals surface area contributed by atoms with Gasteiger partial charge in [0.1, 0.15) is 5.82 Å². The van der Waals surface area contributed by atoms with Crippen LogP contribution in [-0.2, 0) is 11.2 Å². The molecule has 0 saturated heterocycles. The minimum absolute atomic E-state index is 0.0885. The molecular weight excluding hydrogens is 261 g/mol. The van der Waals surface area contributed by atoms with Gasteiger partial charge in [-0.1, -0.05) is 19.9 Å². The summed E-state index contributed by atoms with van der Waals surface area (Å²) in [7, 11) is 0. The lowest BCUT2D eigenvalue weighted by Gasteiger charge is -2.33. The maximum atomic E-state index is 13.4. The molecule has 0 bridgehead atoms. The molecule has 0 aromatic heterocycles. The zero-order valence-electron chi connectivity index (χ0n) is 11.4. The summed E-state index contributed by atoms with van der Waals surface area (Å²) in [5.74, 6) is 1.30. The molecule has 19 heavy (non-hydrogen) atoms. The highest BCUT2D eigenvalue weighted by atomic mass is 32.1. The second-order valence-electron chi connectivity index (χ2n) is 5.46. The SMILES string of the molecule is CC(C)C(CS)CN1C(=O)CCc2ccc(F)cc21. The number of carbonyl (C=O) groups excluding carboxylic acids is 1. The maximum Gasteiger partial charge on any atom is 0.227 e. The van der Waals surface area contributed by atoms with Gasteiger partial charge in [-0.3, -0.25) is 4.79 Å². The van der Waals surface area contributed by atoms with E-state index in [9.17, 15) is 9.18 Å². The molecule has 0 spiro atoms. The van der Waals surface area contributed by atoms with Crippen LogP contribution < -0.4 is 4.90 Å². The van der Waals surface area contributed by atoms with E-state index in [1.54, 1.807) is 11.0 Å². The lowest BCUT2D eigenvalue weighted by atomic mass is 9.94. The van der Waals surface area contributed by atoms with Gasteiger partial charge < -0.3 is 4.90 Å². The van der Waals surface area contributed by atoms with Crippen molar-refractivity contribution >= 4 is 24.2 Å². The Morgan fingerprint density at radius 3 is 2.74 bits per heavy atom. The van der Waals surface area contributed by atoms with E-state index in [1.165, 1.54) is 12.1 Å². The van der Waals surface area contributed by atoms with Gasteiger partial charge in [0.25, 0.3) is 0 Å². The number of aryl methyl sites for hydroxylation is 1. The highest BCUT2D eigenvalue weighted by Crippen LogP contribution is 2.30. The van der Waals surface area contributed by atoms with E-state index in [0.29, 0.717) is 31.2 Å². The second kappa shape index (κ2) is 5.95. The second-order valence-corrected chi connectivity index (χ2v) is 5.83. The Kier molecular flexibility index (Phi) is 4.50. The predicted octanol–water partition coefficient (Wildman–Crippen LogP) is 3.31. The molecule has 1 aromatic carbocycles. The van der Waals surface area contributed by atoms with Gasteiger partial charge in [0.05, 0.1) is 0 Å².